The smallest absolute Gasteiger partial charge is 0.343 e. The van der Waals surface area contributed by atoms with Crippen LogP contribution in [0.15, 0.2) is 77.9 Å². The SMILES string of the molecule is Cc1ccc(C(=O)N/N=C\c2ccc(OC(=O)c3ccc(F)cc3)cc2)cc1. The molecule has 0 unspecified atom stereocenters. The number of esters is 1. The van der Waals surface area contributed by atoms with Gasteiger partial charge in [0.15, 0.2) is 0 Å². The van der Waals surface area contributed by atoms with E-state index in [-0.39, 0.29) is 11.5 Å². The number of halogens is 1. The number of nitrogens with one attached hydrogen (secondary N) is 1. The van der Waals surface area contributed by atoms with Crippen molar-refractivity contribution in [3.8, 4) is 5.75 Å². The Morgan fingerprint density at radius 1 is 0.893 bits per heavy atom. The number of amides is 1. The molecule has 0 saturated carbocycles. The van der Waals surface area contributed by atoms with Gasteiger partial charge in [-0.05, 0) is 73.2 Å². The highest BCUT2D eigenvalue weighted by atomic mass is 19.1. The molecule has 140 valence electrons. The zero-order valence-electron chi connectivity index (χ0n) is 15.1. The van der Waals surface area contributed by atoms with Gasteiger partial charge in [-0.25, -0.2) is 14.6 Å². The normalized spacial score (nSPS) is 10.6. The van der Waals surface area contributed by atoms with Gasteiger partial charge in [-0.2, -0.15) is 5.10 Å². The first-order valence-electron chi connectivity index (χ1n) is 8.49. The van der Waals surface area contributed by atoms with Crippen molar-refractivity contribution in [3.05, 3.63) is 101 Å². The summed E-state index contributed by atoms with van der Waals surface area (Å²) < 4.78 is 18.1. The third kappa shape index (κ3) is 5.11. The fourth-order valence-corrected chi connectivity index (χ4v) is 2.31. The quantitative estimate of drug-likeness (QED) is 0.315. The maximum Gasteiger partial charge on any atom is 0.343 e. The predicted molar refractivity (Wildman–Crippen MR) is 104 cm³/mol. The summed E-state index contributed by atoms with van der Waals surface area (Å²) in [7, 11) is 0. The first kappa shape index (κ1) is 19.0. The maximum atomic E-state index is 12.9. The average Bonchev–Trinajstić information content (AvgIpc) is 2.70. The molecule has 3 aromatic carbocycles. The van der Waals surface area contributed by atoms with Gasteiger partial charge in [0.2, 0.25) is 0 Å². The van der Waals surface area contributed by atoms with Gasteiger partial charge in [-0.1, -0.05) is 17.7 Å². The Bertz CT molecular complexity index is 995. The van der Waals surface area contributed by atoms with Gasteiger partial charge in [0.25, 0.3) is 5.91 Å². The van der Waals surface area contributed by atoms with Gasteiger partial charge < -0.3 is 4.74 Å². The molecule has 0 fully saturated rings. The van der Waals surface area contributed by atoms with Crippen LogP contribution in [0.4, 0.5) is 4.39 Å². The molecule has 0 aromatic heterocycles. The predicted octanol–water partition coefficient (Wildman–Crippen LogP) is 4.12. The van der Waals surface area contributed by atoms with Crippen LogP contribution in [0.25, 0.3) is 0 Å². The summed E-state index contributed by atoms with van der Waals surface area (Å²) in [6.45, 7) is 1.94. The summed E-state index contributed by atoms with van der Waals surface area (Å²) in [5, 5.41) is 3.92. The lowest BCUT2D eigenvalue weighted by atomic mass is 10.1. The van der Waals surface area contributed by atoms with E-state index in [0.29, 0.717) is 16.9 Å². The van der Waals surface area contributed by atoms with Crippen molar-refractivity contribution in [1.29, 1.82) is 0 Å². The zero-order chi connectivity index (χ0) is 19.9. The molecule has 0 atom stereocenters. The minimum Gasteiger partial charge on any atom is -0.423 e. The Morgan fingerprint density at radius 2 is 1.50 bits per heavy atom. The lowest BCUT2D eigenvalue weighted by Crippen LogP contribution is -2.17. The molecule has 0 heterocycles. The van der Waals surface area contributed by atoms with E-state index in [1.807, 2.05) is 19.1 Å². The minimum absolute atomic E-state index is 0.255. The standard InChI is InChI=1S/C22H17FN2O3/c1-15-2-6-17(7-3-15)21(26)25-24-14-16-4-12-20(13-5-16)28-22(27)18-8-10-19(23)11-9-18/h2-14H,1H3,(H,25,26)/b24-14-. The molecule has 1 amide bonds. The Kier molecular flexibility index (Phi) is 5.91. The van der Waals surface area contributed by atoms with Crippen LogP contribution in [0.5, 0.6) is 5.75 Å². The van der Waals surface area contributed by atoms with E-state index in [9.17, 15) is 14.0 Å². The summed E-state index contributed by atoms with van der Waals surface area (Å²) >= 11 is 0. The van der Waals surface area contributed by atoms with Crippen LogP contribution in [0, 0.1) is 12.7 Å². The Hall–Kier alpha value is -3.80. The van der Waals surface area contributed by atoms with Crippen molar-refractivity contribution < 1.29 is 18.7 Å². The number of aryl methyl sites for hydroxylation is 1. The average molecular weight is 376 g/mol. The molecule has 5 nitrogen and oxygen atoms in total. The van der Waals surface area contributed by atoms with E-state index in [4.69, 9.17) is 4.74 Å². The first-order valence-corrected chi connectivity index (χ1v) is 8.49. The molecule has 0 aliphatic carbocycles. The van der Waals surface area contributed by atoms with Gasteiger partial charge in [0, 0.05) is 5.56 Å². The molecular weight excluding hydrogens is 359 g/mol. The molecule has 28 heavy (non-hydrogen) atoms. The first-order chi connectivity index (χ1) is 13.5. The zero-order valence-corrected chi connectivity index (χ0v) is 15.1. The lowest BCUT2D eigenvalue weighted by molar-refractivity contribution is 0.0734. The van der Waals surface area contributed by atoms with Crippen molar-refractivity contribution in [3.63, 3.8) is 0 Å². The van der Waals surface area contributed by atoms with Gasteiger partial charge in [-0.15, -0.1) is 0 Å². The summed E-state index contributed by atoms with van der Waals surface area (Å²) in [5.41, 5.74) is 5.01. The van der Waals surface area contributed by atoms with Crippen molar-refractivity contribution in [1.82, 2.24) is 5.43 Å². The number of hydrogen-bond donors (Lipinski definition) is 1. The van der Waals surface area contributed by atoms with Gasteiger partial charge >= 0.3 is 5.97 Å². The largest absolute Gasteiger partial charge is 0.423 e. The topological polar surface area (TPSA) is 67.8 Å². The van der Waals surface area contributed by atoms with Crippen molar-refractivity contribution >= 4 is 18.1 Å². The van der Waals surface area contributed by atoms with Crippen LogP contribution in [-0.4, -0.2) is 18.1 Å². The number of hydrogen-bond acceptors (Lipinski definition) is 4. The minimum atomic E-state index is -0.577. The Labute approximate surface area is 161 Å². The number of rotatable bonds is 5. The number of carbonyl (C=O) groups excluding carboxylic acids is 2. The van der Waals surface area contributed by atoms with E-state index in [1.165, 1.54) is 30.5 Å². The van der Waals surface area contributed by atoms with E-state index < -0.39 is 11.8 Å². The fraction of sp³-hybridized carbons (Fsp3) is 0.0455. The fourth-order valence-electron chi connectivity index (χ4n) is 2.31. The number of benzene rings is 3. The number of carbonyl (C=O) groups is 2. The summed E-state index contributed by atoms with van der Waals surface area (Å²) in [4.78, 5) is 24.0. The van der Waals surface area contributed by atoms with E-state index in [0.717, 1.165) is 5.56 Å². The molecule has 0 aliphatic rings. The molecule has 3 aromatic rings. The van der Waals surface area contributed by atoms with Gasteiger partial charge in [0.1, 0.15) is 11.6 Å². The third-order valence-electron chi connectivity index (χ3n) is 3.86. The molecule has 0 saturated heterocycles. The van der Waals surface area contributed by atoms with Crippen LogP contribution >= 0.6 is 0 Å². The van der Waals surface area contributed by atoms with Gasteiger partial charge in [0.05, 0.1) is 11.8 Å². The lowest BCUT2D eigenvalue weighted by Gasteiger charge is -2.04. The third-order valence-corrected chi connectivity index (χ3v) is 3.86. The van der Waals surface area contributed by atoms with E-state index in [1.54, 1.807) is 36.4 Å². The molecule has 3 rings (SSSR count). The molecule has 1 N–H and O–H groups in total. The summed E-state index contributed by atoms with van der Waals surface area (Å²) in [5.74, 6) is -0.960. The van der Waals surface area contributed by atoms with Crippen molar-refractivity contribution in [2.75, 3.05) is 0 Å². The summed E-state index contributed by atoms with van der Waals surface area (Å²) in [6.07, 6.45) is 1.48. The van der Waals surface area contributed by atoms with Crippen LogP contribution < -0.4 is 10.2 Å². The second-order valence-corrected chi connectivity index (χ2v) is 6.03. The Morgan fingerprint density at radius 3 is 2.14 bits per heavy atom. The molecular formula is C22H17FN2O3. The maximum absolute atomic E-state index is 12.9. The van der Waals surface area contributed by atoms with Crippen LogP contribution in [0.2, 0.25) is 0 Å². The highest BCUT2D eigenvalue weighted by molar-refractivity contribution is 5.95. The number of nitrogens with zero attached hydrogens (tertiary/aromatic N) is 1. The molecule has 0 bridgehead atoms. The van der Waals surface area contributed by atoms with E-state index in [2.05, 4.69) is 10.5 Å². The highest BCUT2D eigenvalue weighted by Crippen LogP contribution is 2.14. The van der Waals surface area contributed by atoms with E-state index >= 15 is 0 Å². The van der Waals surface area contributed by atoms with Crippen molar-refractivity contribution in [2.45, 2.75) is 6.92 Å². The number of hydrazone groups is 1. The number of ether oxygens (including phenoxy) is 1. The molecule has 0 radical (unpaired) electrons. The molecule has 0 aliphatic heterocycles. The second kappa shape index (κ2) is 8.73. The van der Waals surface area contributed by atoms with Gasteiger partial charge in [-0.3, -0.25) is 4.79 Å². The molecule has 6 heteroatoms. The Balaban J connectivity index is 1.55. The van der Waals surface area contributed by atoms with Crippen LogP contribution in [-0.2, 0) is 0 Å². The van der Waals surface area contributed by atoms with Crippen molar-refractivity contribution in [2.24, 2.45) is 5.10 Å². The monoisotopic (exact) mass is 376 g/mol. The van der Waals surface area contributed by atoms with Crippen LogP contribution in [0.3, 0.4) is 0 Å². The summed E-state index contributed by atoms with van der Waals surface area (Å²) in [6, 6.07) is 18.8. The highest BCUT2D eigenvalue weighted by Gasteiger charge is 2.08. The second-order valence-electron chi connectivity index (χ2n) is 6.03. The molecule has 0 spiro atoms. The van der Waals surface area contributed by atoms with Crippen LogP contribution in [0.1, 0.15) is 31.8 Å².